The molecule has 0 saturated heterocycles. The van der Waals surface area contributed by atoms with Crippen molar-refractivity contribution in [1.82, 2.24) is 15.1 Å². The molecule has 0 aliphatic rings. The van der Waals surface area contributed by atoms with Crippen molar-refractivity contribution in [2.45, 2.75) is 59.2 Å². The zero-order valence-corrected chi connectivity index (χ0v) is 13.0. The van der Waals surface area contributed by atoms with Gasteiger partial charge in [-0.25, -0.2) is 0 Å². The minimum atomic E-state index is 0.449. The van der Waals surface area contributed by atoms with E-state index in [1.165, 1.54) is 0 Å². The Morgan fingerprint density at radius 3 is 2.67 bits per heavy atom. The van der Waals surface area contributed by atoms with Crippen LogP contribution in [0.2, 0.25) is 5.02 Å². The van der Waals surface area contributed by atoms with E-state index in [1.54, 1.807) is 0 Å². The molecule has 0 radical (unpaired) electrons. The average Bonchev–Trinajstić information content (AvgIpc) is 2.69. The molecule has 1 unspecified atom stereocenters. The molecular weight excluding hydrogens is 269 g/mol. The summed E-state index contributed by atoms with van der Waals surface area (Å²) in [7, 11) is 0. The molecule has 0 spiro atoms. The van der Waals surface area contributed by atoms with Crippen molar-refractivity contribution in [3.05, 3.63) is 16.4 Å². The molecule has 18 heavy (non-hydrogen) atoms. The Morgan fingerprint density at radius 2 is 2.11 bits per heavy atom. The number of alkyl halides is 1. The lowest BCUT2D eigenvalue weighted by Gasteiger charge is -2.13. The molecule has 0 bridgehead atoms. The van der Waals surface area contributed by atoms with Gasteiger partial charge in [-0.1, -0.05) is 18.5 Å². The van der Waals surface area contributed by atoms with Gasteiger partial charge in [0.15, 0.2) is 0 Å². The zero-order chi connectivity index (χ0) is 13.5. The molecule has 0 aliphatic carbocycles. The Balaban J connectivity index is 2.63. The zero-order valence-electron chi connectivity index (χ0n) is 11.5. The maximum absolute atomic E-state index is 6.35. The Morgan fingerprint density at radius 1 is 1.39 bits per heavy atom. The first-order valence-corrected chi connectivity index (χ1v) is 7.58. The van der Waals surface area contributed by atoms with Gasteiger partial charge in [-0.05, 0) is 33.1 Å². The van der Waals surface area contributed by atoms with Crippen LogP contribution in [-0.4, -0.2) is 21.7 Å². The molecule has 0 amide bonds. The third-order valence-corrected chi connectivity index (χ3v) is 3.79. The van der Waals surface area contributed by atoms with Gasteiger partial charge in [-0.2, -0.15) is 5.10 Å². The third kappa shape index (κ3) is 4.15. The monoisotopic (exact) mass is 291 g/mol. The molecule has 0 aromatic carbocycles. The highest BCUT2D eigenvalue weighted by molar-refractivity contribution is 6.31. The van der Waals surface area contributed by atoms with Crippen molar-refractivity contribution in [2.75, 3.05) is 5.88 Å². The van der Waals surface area contributed by atoms with Crippen LogP contribution in [0.4, 0.5) is 0 Å². The molecule has 5 heteroatoms. The van der Waals surface area contributed by atoms with Crippen LogP contribution in [0, 0.1) is 0 Å². The van der Waals surface area contributed by atoms with Crippen LogP contribution in [0.1, 0.15) is 45.0 Å². The highest BCUT2D eigenvalue weighted by atomic mass is 35.5. The fourth-order valence-corrected chi connectivity index (χ4v) is 2.43. The molecule has 1 N–H and O–H groups in total. The highest BCUT2D eigenvalue weighted by Crippen LogP contribution is 2.21. The third-order valence-electron chi connectivity index (χ3n) is 3.08. The van der Waals surface area contributed by atoms with Gasteiger partial charge in [0, 0.05) is 25.0 Å². The van der Waals surface area contributed by atoms with E-state index in [9.17, 15) is 0 Å². The van der Waals surface area contributed by atoms with Crippen molar-refractivity contribution in [2.24, 2.45) is 0 Å². The fraction of sp³-hybridized carbons (Fsp3) is 0.769. The van der Waals surface area contributed by atoms with E-state index >= 15 is 0 Å². The molecule has 104 valence electrons. The first-order valence-electron chi connectivity index (χ1n) is 6.67. The van der Waals surface area contributed by atoms with Crippen molar-refractivity contribution in [3.8, 4) is 0 Å². The maximum atomic E-state index is 6.35. The molecule has 3 nitrogen and oxygen atoms in total. The van der Waals surface area contributed by atoms with Crippen molar-refractivity contribution in [3.63, 3.8) is 0 Å². The van der Waals surface area contributed by atoms with Gasteiger partial charge < -0.3 is 5.32 Å². The van der Waals surface area contributed by atoms with E-state index in [2.05, 4.69) is 31.2 Å². The summed E-state index contributed by atoms with van der Waals surface area (Å²) < 4.78 is 1.99. The second kappa shape index (κ2) is 8.03. The molecule has 1 heterocycles. The van der Waals surface area contributed by atoms with Crippen LogP contribution in [0.3, 0.4) is 0 Å². The quantitative estimate of drug-likeness (QED) is 0.742. The number of aromatic nitrogens is 2. The Labute approximate surface area is 120 Å². The Bertz CT molecular complexity index is 363. The predicted molar refractivity (Wildman–Crippen MR) is 78.5 cm³/mol. The van der Waals surface area contributed by atoms with Gasteiger partial charge in [0.1, 0.15) is 0 Å². The van der Waals surface area contributed by atoms with E-state index < -0.39 is 0 Å². The Kier molecular flexibility index (Phi) is 7.05. The minimum Gasteiger partial charge on any atom is -0.309 e. The van der Waals surface area contributed by atoms with Gasteiger partial charge >= 0.3 is 0 Å². The first-order chi connectivity index (χ1) is 8.63. The van der Waals surface area contributed by atoms with E-state index in [0.717, 1.165) is 54.6 Å². The number of hydrogen-bond donors (Lipinski definition) is 1. The van der Waals surface area contributed by atoms with Crippen molar-refractivity contribution >= 4 is 23.2 Å². The summed E-state index contributed by atoms with van der Waals surface area (Å²) in [5.41, 5.74) is 2.08. The van der Waals surface area contributed by atoms with E-state index in [0.29, 0.717) is 6.04 Å². The first kappa shape index (κ1) is 15.8. The van der Waals surface area contributed by atoms with Crippen LogP contribution in [0.5, 0.6) is 0 Å². The molecule has 1 atom stereocenters. The number of aryl methyl sites for hydroxylation is 2. The van der Waals surface area contributed by atoms with Crippen LogP contribution >= 0.6 is 23.2 Å². The fourth-order valence-electron chi connectivity index (χ4n) is 1.94. The van der Waals surface area contributed by atoms with Crippen LogP contribution in [0.25, 0.3) is 0 Å². The number of rotatable bonds is 8. The summed E-state index contributed by atoms with van der Waals surface area (Å²) in [6.45, 7) is 7.96. The summed E-state index contributed by atoms with van der Waals surface area (Å²) >= 11 is 12.0. The topological polar surface area (TPSA) is 29.9 Å². The number of hydrogen-bond acceptors (Lipinski definition) is 2. The van der Waals surface area contributed by atoms with Gasteiger partial charge in [0.2, 0.25) is 0 Å². The van der Waals surface area contributed by atoms with Crippen LogP contribution in [-0.2, 0) is 19.5 Å². The van der Waals surface area contributed by atoms with Gasteiger partial charge in [0.05, 0.1) is 16.4 Å². The normalized spacial score (nSPS) is 12.9. The van der Waals surface area contributed by atoms with Crippen molar-refractivity contribution < 1.29 is 0 Å². The van der Waals surface area contributed by atoms with E-state index in [1.807, 2.05) is 4.68 Å². The van der Waals surface area contributed by atoms with Gasteiger partial charge in [0.25, 0.3) is 0 Å². The second-order valence-electron chi connectivity index (χ2n) is 4.49. The van der Waals surface area contributed by atoms with Crippen LogP contribution < -0.4 is 5.32 Å². The lowest BCUT2D eigenvalue weighted by atomic mass is 10.2. The van der Waals surface area contributed by atoms with Crippen molar-refractivity contribution in [1.29, 1.82) is 0 Å². The largest absolute Gasteiger partial charge is 0.309 e. The predicted octanol–water partition coefficient (Wildman–Crippen LogP) is 3.62. The van der Waals surface area contributed by atoms with Gasteiger partial charge in [-0.15, -0.1) is 11.6 Å². The average molecular weight is 292 g/mol. The molecule has 1 aromatic heterocycles. The standard InChI is InChI=1S/C13H23Cl2N3/c1-4-11-13(15)12(18(5-2)17-11)9-16-10(3)7-6-8-14/h10,16H,4-9H2,1-3H3. The summed E-state index contributed by atoms with van der Waals surface area (Å²) in [5.74, 6) is 0.722. The molecule has 1 aromatic rings. The second-order valence-corrected chi connectivity index (χ2v) is 5.25. The van der Waals surface area contributed by atoms with E-state index in [-0.39, 0.29) is 0 Å². The lowest BCUT2D eigenvalue weighted by Crippen LogP contribution is -2.26. The lowest BCUT2D eigenvalue weighted by molar-refractivity contribution is 0.488. The molecule has 0 fully saturated rings. The summed E-state index contributed by atoms with van der Waals surface area (Å²) in [6.07, 6.45) is 3.00. The Hall–Kier alpha value is -0.250. The summed E-state index contributed by atoms with van der Waals surface area (Å²) in [4.78, 5) is 0. The molecule has 0 aliphatic heterocycles. The number of nitrogens with one attached hydrogen (secondary N) is 1. The molecule has 0 saturated carbocycles. The van der Waals surface area contributed by atoms with Crippen LogP contribution in [0.15, 0.2) is 0 Å². The number of halogens is 2. The summed E-state index contributed by atoms with van der Waals surface area (Å²) in [6, 6.07) is 0.449. The highest BCUT2D eigenvalue weighted by Gasteiger charge is 2.14. The minimum absolute atomic E-state index is 0.449. The summed E-state index contributed by atoms with van der Waals surface area (Å²) in [5, 5.41) is 8.81. The smallest absolute Gasteiger partial charge is 0.0863 e. The number of nitrogens with zero attached hydrogens (tertiary/aromatic N) is 2. The van der Waals surface area contributed by atoms with E-state index in [4.69, 9.17) is 23.2 Å². The van der Waals surface area contributed by atoms with Gasteiger partial charge in [-0.3, -0.25) is 4.68 Å². The molecular formula is C13H23Cl2N3. The molecule has 1 rings (SSSR count). The SMILES string of the molecule is CCc1nn(CC)c(CNC(C)CCCCl)c1Cl. The maximum Gasteiger partial charge on any atom is 0.0863 e.